The van der Waals surface area contributed by atoms with Gasteiger partial charge in [0.2, 0.25) is 0 Å². The van der Waals surface area contributed by atoms with E-state index in [2.05, 4.69) is 32.5 Å². The Morgan fingerprint density at radius 2 is 2.00 bits per heavy atom. The van der Waals surface area contributed by atoms with E-state index in [1.807, 2.05) is 24.3 Å². The summed E-state index contributed by atoms with van der Waals surface area (Å²) in [6.07, 6.45) is 3.69. The molecule has 0 saturated carbocycles. The number of rotatable bonds is 6. The molecular weight excluding hydrogens is 296 g/mol. The van der Waals surface area contributed by atoms with Gasteiger partial charge in [0.1, 0.15) is 12.0 Å². The highest BCUT2D eigenvalue weighted by molar-refractivity contribution is 7.22. The van der Waals surface area contributed by atoms with E-state index in [9.17, 15) is 0 Å². The molecule has 4 N–H and O–H groups in total. The third-order valence-corrected chi connectivity index (χ3v) is 4.18. The van der Waals surface area contributed by atoms with Crippen LogP contribution in [0.2, 0.25) is 0 Å². The predicted octanol–water partition coefficient (Wildman–Crippen LogP) is 3.62. The van der Waals surface area contributed by atoms with Crippen molar-refractivity contribution < 1.29 is 0 Å². The maximum atomic E-state index is 6.13. The second-order valence-corrected chi connectivity index (χ2v) is 5.91. The first-order valence-electron chi connectivity index (χ1n) is 7.25. The van der Waals surface area contributed by atoms with E-state index in [0.717, 1.165) is 34.7 Å². The van der Waals surface area contributed by atoms with Crippen molar-refractivity contribution in [2.24, 2.45) is 0 Å². The minimum atomic E-state index is 0.512. The Morgan fingerprint density at radius 1 is 1.18 bits per heavy atom. The highest BCUT2D eigenvalue weighted by atomic mass is 32.1. The van der Waals surface area contributed by atoms with Crippen LogP contribution >= 0.6 is 11.3 Å². The summed E-state index contributed by atoms with van der Waals surface area (Å²) in [5.74, 6) is 1.24. The smallest absolute Gasteiger partial charge is 0.189 e. The molecule has 0 aliphatic carbocycles. The van der Waals surface area contributed by atoms with Crippen molar-refractivity contribution in [3.63, 3.8) is 0 Å². The molecule has 6 nitrogen and oxygen atoms in total. The van der Waals surface area contributed by atoms with Crippen LogP contribution in [-0.2, 0) is 0 Å². The molecule has 3 aromatic rings. The van der Waals surface area contributed by atoms with E-state index >= 15 is 0 Å². The number of hydrogen-bond acceptors (Lipinski definition) is 7. The fourth-order valence-electron chi connectivity index (χ4n) is 2.05. The molecule has 0 saturated heterocycles. The standard InChI is InChI=1S/C15H18N6S/c1-2-3-8-17-13-12(16)14(19-9-18-13)21-15-20-10-6-4-5-7-11(10)22-15/h4-7,9H,2-3,8,16H2,1H3,(H2,17,18,19,20,21). The molecule has 0 radical (unpaired) electrons. The topological polar surface area (TPSA) is 88.8 Å². The number of nitrogens with zero attached hydrogens (tertiary/aromatic N) is 3. The van der Waals surface area contributed by atoms with Crippen LogP contribution in [0.3, 0.4) is 0 Å². The monoisotopic (exact) mass is 314 g/mol. The number of aromatic nitrogens is 3. The molecule has 0 amide bonds. The summed E-state index contributed by atoms with van der Waals surface area (Å²) < 4.78 is 1.12. The lowest BCUT2D eigenvalue weighted by molar-refractivity contribution is 0.831. The average Bonchev–Trinajstić information content (AvgIpc) is 2.93. The van der Waals surface area contributed by atoms with Gasteiger partial charge in [0.15, 0.2) is 16.8 Å². The maximum Gasteiger partial charge on any atom is 0.189 e. The second kappa shape index (κ2) is 6.57. The van der Waals surface area contributed by atoms with Gasteiger partial charge in [0, 0.05) is 6.54 Å². The fraction of sp³-hybridized carbons (Fsp3) is 0.267. The van der Waals surface area contributed by atoms with Crippen molar-refractivity contribution in [1.82, 2.24) is 15.0 Å². The first-order chi connectivity index (χ1) is 10.8. The molecule has 0 unspecified atom stereocenters. The molecule has 0 spiro atoms. The van der Waals surface area contributed by atoms with Crippen molar-refractivity contribution in [2.45, 2.75) is 19.8 Å². The summed E-state index contributed by atoms with van der Waals surface area (Å²) in [7, 11) is 0. The quantitative estimate of drug-likeness (QED) is 0.602. The predicted molar refractivity (Wildman–Crippen MR) is 92.7 cm³/mol. The van der Waals surface area contributed by atoms with Crippen LogP contribution in [0.5, 0.6) is 0 Å². The van der Waals surface area contributed by atoms with Crippen molar-refractivity contribution in [3.8, 4) is 0 Å². The fourth-order valence-corrected chi connectivity index (χ4v) is 2.91. The van der Waals surface area contributed by atoms with Gasteiger partial charge in [-0.25, -0.2) is 15.0 Å². The Kier molecular flexibility index (Phi) is 4.34. The van der Waals surface area contributed by atoms with Gasteiger partial charge in [-0.1, -0.05) is 36.8 Å². The van der Waals surface area contributed by atoms with Gasteiger partial charge in [-0.2, -0.15) is 0 Å². The van der Waals surface area contributed by atoms with Crippen molar-refractivity contribution in [2.75, 3.05) is 22.9 Å². The number of benzene rings is 1. The first-order valence-corrected chi connectivity index (χ1v) is 8.06. The zero-order valence-corrected chi connectivity index (χ0v) is 13.2. The Balaban J connectivity index is 1.80. The van der Waals surface area contributed by atoms with Gasteiger partial charge in [0.25, 0.3) is 0 Å². The summed E-state index contributed by atoms with van der Waals surface area (Å²) in [6, 6.07) is 8.00. The van der Waals surface area contributed by atoms with E-state index in [4.69, 9.17) is 5.73 Å². The first kappa shape index (κ1) is 14.5. The molecule has 0 bridgehead atoms. The van der Waals surface area contributed by atoms with Gasteiger partial charge in [-0.05, 0) is 18.6 Å². The molecular formula is C15H18N6S. The van der Waals surface area contributed by atoms with Crippen LogP contribution in [0, 0.1) is 0 Å². The summed E-state index contributed by atoms with van der Waals surface area (Å²) in [5, 5.41) is 7.19. The minimum absolute atomic E-state index is 0.512. The maximum absolute atomic E-state index is 6.13. The third-order valence-electron chi connectivity index (χ3n) is 3.23. The molecule has 1 aromatic carbocycles. The molecule has 0 aliphatic heterocycles. The molecule has 0 fully saturated rings. The highest BCUT2D eigenvalue weighted by Gasteiger charge is 2.10. The molecule has 114 valence electrons. The number of hydrogen-bond donors (Lipinski definition) is 3. The van der Waals surface area contributed by atoms with E-state index in [0.29, 0.717) is 17.3 Å². The number of nitrogens with one attached hydrogen (secondary N) is 2. The molecule has 2 aromatic heterocycles. The SMILES string of the molecule is CCCCNc1ncnc(Nc2nc3ccccc3s2)c1N. The Bertz CT molecular complexity index is 737. The van der Waals surface area contributed by atoms with E-state index in [1.54, 1.807) is 11.3 Å². The van der Waals surface area contributed by atoms with Crippen LogP contribution in [0.1, 0.15) is 19.8 Å². The summed E-state index contributed by atoms with van der Waals surface area (Å²) in [6.45, 7) is 2.99. The van der Waals surface area contributed by atoms with Crippen LogP contribution in [0.4, 0.5) is 22.5 Å². The number of thiazole rings is 1. The van der Waals surface area contributed by atoms with Gasteiger partial charge < -0.3 is 16.4 Å². The normalized spacial score (nSPS) is 10.8. The molecule has 0 aliphatic rings. The minimum Gasteiger partial charge on any atom is -0.393 e. The number of unbranched alkanes of at least 4 members (excludes halogenated alkanes) is 1. The van der Waals surface area contributed by atoms with Gasteiger partial charge in [-0.15, -0.1) is 0 Å². The van der Waals surface area contributed by atoms with Gasteiger partial charge in [-0.3, -0.25) is 0 Å². The Labute approximate surface area is 132 Å². The van der Waals surface area contributed by atoms with Crippen LogP contribution in [-0.4, -0.2) is 21.5 Å². The lowest BCUT2D eigenvalue weighted by atomic mass is 10.3. The van der Waals surface area contributed by atoms with Gasteiger partial charge in [0.05, 0.1) is 10.2 Å². The number of fused-ring (bicyclic) bond motifs is 1. The van der Waals surface area contributed by atoms with E-state index < -0.39 is 0 Å². The van der Waals surface area contributed by atoms with E-state index in [-0.39, 0.29) is 0 Å². The zero-order valence-electron chi connectivity index (χ0n) is 12.3. The lowest BCUT2D eigenvalue weighted by Gasteiger charge is -2.10. The lowest BCUT2D eigenvalue weighted by Crippen LogP contribution is -2.08. The summed E-state index contributed by atoms with van der Waals surface area (Å²) >= 11 is 1.57. The van der Waals surface area contributed by atoms with Crippen LogP contribution < -0.4 is 16.4 Å². The molecule has 2 heterocycles. The number of nitrogen functional groups attached to an aromatic ring is 1. The number of nitrogens with two attached hydrogens (primary N) is 1. The average molecular weight is 314 g/mol. The number of anilines is 4. The van der Waals surface area contributed by atoms with Crippen LogP contribution in [0.15, 0.2) is 30.6 Å². The second-order valence-electron chi connectivity index (χ2n) is 4.88. The Hall–Kier alpha value is -2.41. The summed E-state index contributed by atoms with van der Waals surface area (Å²) in [4.78, 5) is 12.9. The zero-order chi connectivity index (χ0) is 15.4. The molecule has 22 heavy (non-hydrogen) atoms. The van der Waals surface area contributed by atoms with Gasteiger partial charge >= 0.3 is 0 Å². The largest absolute Gasteiger partial charge is 0.393 e. The third kappa shape index (κ3) is 3.09. The van der Waals surface area contributed by atoms with Crippen molar-refractivity contribution >= 4 is 44.0 Å². The van der Waals surface area contributed by atoms with E-state index in [1.165, 1.54) is 6.33 Å². The Morgan fingerprint density at radius 3 is 2.82 bits per heavy atom. The molecule has 3 rings (SSSR count). The number of para-hydroxylation sites is 1. The van der Waals surface area contributed by atoms with Crippen molar-refractivity contribution in [1.29, 1.82) is 0 Å². The molecule has 7 heteroatoms. The molecule has 0 atom stereocenters. The van der Waals surface area contributed by atoms with Crippen molar-refractivity contribution in [3.05, 3.63) is 30.6 Å². The van der Waals surface area contributed by atoms with Crippen LogP contribution in [0.25, 0.3) is 10.2 Å². The highest BCUT2D eigenvalue weighted by Crippen LogP contribution is 2.30. The summed E-state index contributed by atoms with van der Waals surface area (Å²) in [5.41, 5.74) is 7.61.